The Morgan fingerprint density at radius 1 is 1.24 bits per heavy atom. The van der Waals surface area contributed by atoms with Crippen molar-refractivity contribution < 1.29 is 17.6 Å². The van der Waals surface area contributed by atoms with Crippen molar-refractivity contribution in [3.63, 3.8) is 0 Å². The SMILES string of the molecule is CC(=O)N(CCNS(=O)(=O)c1ccc(Cl)c(C)c1)c1ccccc1F. The number of halogens is 2. The van der Waals surface area contributed by atoms with E-state index in [0.29, 0.717) is 10.6 Å². The van der Waals surface area contributed by atoms with E-state index in [2.05, 4.69) is 4.72 Å². The summed E-state index contributed by atoms with van der Waals surface area (Å²) in [5.74, 6) is -0.930. The molecule has 0 aliphatic carbocycles. The third kappa shape index (κ3) is 4.78. The molecule has 0 spiro atoms. The van der Waals surface area contributed by atoms with Gasteiger partial charge in [-0.05, 0) is 42.8 Å². The highest BCUT2D eigenvalue weighted by Crippen LogP contribution is 2.20. The Morgan fingerprint density at radius 2 is 1.92 bits per heavy atom. The maximum atomic E-state index is 13.9. The van der Waals surface area contributed by atoms with Gasteiger partial charge in [-0.3, -0.25) is 4.79 Å². The molecule has 1 amide bonds. The van der Waals surface area contributed by atoms with Crippen LogP contribution in [0.4, 0.5) is 10.1 Å². The normalized spacial score (nSPS) is 11.4. The van der Waals surface area contributed by atoms with Crippen molar-refractivity contribution >= 4 is 33.2 Å². The monoisotopic (exact) mass is 384 g/mol. The molecular formula is C17H18ClFN2O3S. The van der Waals surface area contributed by atoms with Gasteiger partial charge >= 0.3 is 0 Å². The number of carbonyl (C=O) groups excluding carboxylic acids is 1. The van der Waals surface area contributed by atoms with Crippen LogP contribution in [0.2, 0.25) is 5.02 Å². The summed E-state index contributed by atoms with van der Waals surface area (Å²) < 4.78 is 40.9. The first kappa shape index (κ1) is 19.4. The Bertz CT molecular complexity index is 887. The number of rotatable bonds is 6. The van der Waals surface area contributed by atoms with Gasteiger partial charge in [0, 0.05) is 25.0 Å². The average Bonchev–Trinajstić information content (AvgIpc) is 2.54. The quantitative estimate of drug-likeness (QED) is 0.832. The standard InChI is InChI=1S/C17H18ClFN2O3S/c1-12-11-14(7-8-15(12)18)25(23,24)20-9-10-21(13(2)22)17-6-4-3-5-16(17)19/h3-8,11,20H,9-10H2,1-2H3. The summed E-state index contributed by atoms with van der Waals surface area (Å²) in [7, 11) is -3.75. The lowest BCUT2D eigenvalue weighted by molar-refractivity contribution is -0.116. The van der Waals surface area contributed by atoms with E-state index in [1.807, 2.05) is 0 Å². The van der Waals surface area contributed by atoms with Crippen LogP contribution in [0.1, 0.15) is 12.5 Å². The van der Waals surface area contributed by atoms with Crippen molar-refractivity contribution in [2.24, 2.45) is 0 Å². The molecule has 0 saturated carbocycles. The van der Waals surface area contributed by atoms with Crippen molar-refractivity contribution in [1.82, 2.24) is 4.72 Å². The number of carbonyl (C=O) groups is 1. The van der Waals surface area contributed by atoms with E-state index >= 15 is 0 Å². The van der Waals surface area contributed by atoms with Gasteiger partial charge in [0.25, 0.3) is 0 Å². The molecule has 0 saturated heterocycles. The average molecular weight is 385 g/mol. The molecule has 25 heavy (non-hydrogen) atoms. The van der Waals surface area contributed by atoms with Crippen LogP contribution < -0.4 is 9.62 Å². The molecule has 8 heteroatoms. The highest BCUT2D eigenvalue weighted by Gasteiger charge is 2.18. The molecule has 0 aliphatic heterocycles. The topological polar surface area (TPSA) is 66.5 Å². The molecule has 0 heterocycles. The third-order valence-electron chi connectivity index (χ3n) is 3.59. The van der Waals surface area contributed by atoms with Gasteiger partial charge in [-0.1, -0.05) is 23.7 Å². The van der Waals surface area contributed by atoms with Gasteiger partial charge in [0.2, 0.25) is 15.9 Å². The highest BCUT2D eigenvalue weighted by atomic mass is 35.5. The van der Waals surface area contributed by atoms with Crippen LogP contribution in [0.25, 0.3) is 0 Å². The van der Waals surface area contributed by atoms with E-state index in [4.69, 9.17) is 11.6 Å². The number of amides is 1. The second-order valence-electron chi connectivity index (χ2n) is 5.43. The van der Waals surface area contributed by atoms with Crippen LogP contribution in [-0.2, 0) is 14.8 Å². The zero-order chi connectivity index (χ0) is 18.6. The Morgan fingerprint density at radius 3 is 2.52 bits per heavy atom. The molecule has 0 atom stereocenters. The first-order valence-electron chi connectivity index (χ1n) is 7.51. The minimum atomic E-state index is -3.75. The number of sulfonamides is 1. The van der Waals surface area contributed by atoms with Crippen molar-refractivity contribution in [2.75, 3.05) is 18.0 Å². The smallest absolute Gasteiger partial charge is 0.240 e. The van der Waals surface area contributed by atoms with E-state index in [1.54, 1.807) is 13.0 Å². The van der Waals surface area contributed by atoms with E-state index in [-0.39, 0.29) is 29.6 Å². The fourth-order valence-corrected chi connectivity index (χ4v) is 3.50. The third-order valence-corrected chi connectivity index (χ3v) is 5.47. The lowest BCUT2D eigenvalue weighted by atomic mass is 10.2. The number of benzene rings is 2. The molecule has 2 rings (SSSR count). The molecular weight excluding hydrogens is 367 g/mol. The maximum absolute atomic E-state index is 13.9. The second-order valence-corrected chi connectivity index (χ2v) is 7.60. The van der Waals surface area contributed by atoms with Crippen molar-refractivity contribution in [1.29, 1.82) is 0 Å². The lowest BCUT2D eigenvalue weighted by Crippen LogP contribution is -2.38. The first-order chi connectivity index (χ1) is 11.7. The number of nitrogens with zero attached hydrogens (tertiary/aromatic N) is 1. The molecule has 0 aromatic heterocycles. The summed E-state index contributed by atoms with van der Waals surface area (Å²) in [5.41, 5.74) is 0.748. The maximum Gasteiger partial charge on any atom is 0.240 e. The molecule has 2 aromatic rings. The Labute approximate surface area is 151 Å². The molecule has 2 aromatic carbocycles. The van der Waals surface area contributed by atoms with E-state index < -0.39 is 15.8 Å². The van der Waals surface area contributed by atoms with Crippen LogP contribution in [0, 0.1) is 12.7 Å². The summed E-state index contributed by atoms with van der Waals surface area (Å²) in [6.45, 7) is 2.94. The summed E-state index contributed by atoms with van der Waals surface area (Å²) in [4.78, 5) is 13.0. The zero-order valence-electron chi connectivity index (χ0n) is 13.8. The fourth-order valence-electron chi connectivity index (χ4n) is 2.28. The fraction of sp³-hybridized carbons (Fsp3) is 0.235. The van der Waals surface area contributed by atoms with Crippen LogP contribution in [0.5, 0.6) is 0 Å². The molecule has 0 fully saturated rings. The van der Waals surface area contributed by atoms with Crippen LogP contribution in [-0.4, -0.2) is 27.4 Å². The zero-order valence-corrected chi connectivity index (χ0v) is 15.4. The summed E-state index contributed by atoms with van der Waals surface area (Å²) in [6.07, 6.45) is 0. The van der Waals surface area contributed by atoms with Gasteiger partial charge in [0.15, 0.2) is 0 Å². The van der Waals surface area contributed by atoms with Crippen molar-refractivity contribution in [3.05, 3.63) is 58.9 Å². The van der Waals surface area contributed by atoms with Gasteiger partial charge in [0.1, 0.15) is 5.82 Å². The van der Waals surface area contributed by atoms with Crippen molar-refractivity contribution in [2.45, 2.75) is 18.7 Å². The summed E-state index contributed by atoms with van der Waals surface area (Å²) in [6, 6.07) is 10.2. The minimum Gasteiger partial charge on any atom is -0.309 e. The van der Waals surface area contributed by atoms with E-state index in [1.165, 1.54) is 48.2 Å². The number of anilines is 1. The molecule has 1 N–H and O–H groups in total. The predicted molar refractivity (Wildman–Crippen MR) is 95.8 cm³/mol. The Balaban J connectivity index is 2.10. The largest absolute Gasteiger partial charge is 0.309 e. The molecule has 0 aliphatic rings. The van der Waals surface area contributed by atoms with Gasteiger partial charge in [0.05, 0.1) is 10.6 Å². The molecule has 0 radical (unpaired) electrons. The Kier molecular flexibility index (Phi) is 6.16. The number of aryl methyl sites for hydroxylation is 1. The van der Waals surface area contributed by atoms with Crippen LogP contribution in [0.15, 0.2) is 47.4 Å². The molecule has 0 unspecified atom stereocenters. The predicted octanol–water partition coefficient (Wildman–Crippen LogP) is 3.12. The van der Waals surface area contributed by atoms with Crippen molar-refractivity contribution in [3.8, 4) is 0 Å². The molecule has 134 valence electrons. The second kappa shape index (κ2) is 7.95. The first-order valence-corrected chi connectivity index (χ1v) is 9.37. The molecule has 5 nitrogen and oxygen atoms in total. The molecule has 0 bridgehead atoms. The number of nitrogens with one attached hydrogen (secondary N) is 1. The lowest BCUT2D eigenvalue weighted by Gasteiger charge is -2.22. The number of hydrogen-bond donors (Lipinski definition) is 1. The van der Waals surface area contributed by atoms with Gasteiger partial charge < -0.3 is 4.90 Å². The van der Waals surface area contributed by atoms with Gasteiger partial charge in [-0.15, -0.1) is 0 Å². The highest BCUT2D eigenvalue weighted by molar-refractivity contribution is 7.89. The summed E-state index contributed by atoms with van der Waals surface area (Å²) >= 11 is 5.90. The minimum absolute atomic E-state index is 0.00205. The number of para-hydroxylation sites is 1. The van der Waals surface area contributed by atoms with Crippen LogP contribution in [0.3, 0.4) is 0 Å². The number of hydrogen-bond acceptors (Lipinski definition) is 3. The van der Waals surface area contributed by atoms with Gasteiger partial charge in [-0.2, -0.15) is 0 Å². The van der Waals surface area contributed by atoms with E-state index in [0.717, 1.165) is 0 Å². The summed E-state index contributed by atoms with van der Waals surface area (Å²) in [5, 5.41) is 0.473. The van der Waals surface area contributed by atoms with Gasteiger partial charge in [-0.25, -0.2) is 17.5 Å². The van der Waals surface area contributed by atoms with Crippen LogP contribution >= 0.6 is 11.6 Å². The van der Waals surface area contributed by atoms with E-state index in [9.17, 15) is 17.6 Å². The Hall–Kier alpha value is -1.96.